The molecular weight excluding hydrogens is 502 g/mol. The normalized spacial score (nSPS) is 12.8. The highest BCUT2D eigenvalue weighted by molar-refractivity contribution is 6.34. The van der Waals surface area contributed by atoms with Gasteiger partial charge in [0.05, 0.1) is 10.7 Å². The first kappa shape index (κ1) is 30.7. The fraction of sp³-hybridized carbons (Fsp3) is 0.433. The van der Waals surface area contributed by atoms with Gasteiger partial charge in [0, 0.05) is 6.04 Å². The van der Waals surface area contributed by atoms with E-state index in [1.54, 1.807) is 39.0 Å². The van der Waals surface area contributed by atoms with E-state index in [2.05, 4.69) is 16.7 Å². The van der Waals surface area contributed by atoms with E-state index in [0.29, 0.717) is 22.7 Å². The minimum absolute atomic E-state index is 0.0391. The lowest BCUT2D eigenvalue weighted by molar-refractivity contribution is -0.137. The van der Waals surface area contributed by atoms with Gasteiger partial charge in [-0.25, -0.2) is 4.79 Å². The number of hydrogen-bond donors (Lipinski definition) is 2. The molecule has 38 heavy (non-hydrogen) atoms. The molecule has 0 saturated carbocycles. The van der Waals surface area contributed by atoms with Gasteiger partial charge in [0.2, 0.25) is 0 Å². The van der Waals surface area contributed by atoms with Gasteiger partial charge in [0.15, 0.2) is 0 Å². The van der Waals surface area contributed by atoms with Gasteiger partial charge < -0.3 is 15.4 Å². The quantitative estimate of drug-likeness (QED) is 0.304. The Hall–Kier alpha value is -3.50. The molecule has 2 N–H and O–H groups in total. The molecule has 2 aromatic rings. The molecule has 0 aliphatic carbocycles. The molecular formula is C30H38ClN3O4. The lowest BCUT2D eigenvalue weighted by Crippen LogP contribution is -2.51. The van der Waals surface area contributed by atoms with E-state index in [-0.39, 0.29) is 5.92 Å². The molecule has 3 amide bonds. The van der Waals surface area contributed by atoms with Crippen molar-refractivity contribution in [1.82, 2.24) is 10.2 Å². The number of rotatable bonds is 8. The molecule has 7 nitrogen and oxygen atoms in total. The number of nitrogens with zero attached hydrogens (tertiary/aromatic N) is 1. The number of amides is 3. The molecule has 0 saturated heterocycles. The van der Waals surface area contributed by atoms with Gasteiger partial charge >= 0.3 is 6.09 Å². The number of benzene rings is 2. The zero-order valence-electron chi connectivity index (χ0n) is 23.4. The number of aryl methyl sites for hydroxylation is 2. The molecule has 2 aromatic carbocycles. The summed E-state index contributed by atoms with van der Waals surface area (Å²) in [6.45, 7) is 14.7. The number of nitrogens with one attached hydrogen (secondary N) is 2. The molecule has 2 unspecified atom stereocenters. The van der Waals surface area contributed by atoms with Crippen molar-refractivity contribution < 1.29 is 19.1 Å². The largest absolute Gasteiger partial charge is 0.444 e. The van der Waals surface area contributed by atoms with Crippen LogP contribution >= 0.6 is 11.6 Å². The van der Waals surface area contributed by atoms with Gasteiger partial charge in [-0.3, -0.25) is 14.5 Å². The van der Waals surface area contributed by atoms with E-state index in [1.807, 2.05) is 52.8 Å². The first-order valence-corrected chi connectivity index (χ1v) is 12.9. The summed E-state index contributed by atoms with van der Waals surface area (Å²) in [5, 5.41) is 5.89. The van der Waals surface area contributed by atoms with Crippen LogP contribution in [0.1, 0.15) is 69.3 Å². The number of para-hydroxylation sites is 1. The minimum atomic E-state index is -1.18. The van der Waals surface area contributed by atoms with E-state index >= 15 is 0 Å². The number of carbonyl (C=O) groups is 3. The maximum absolute atomic E-state index is 13.9. The number of anilines is 1. The van der Waals surface area contributed by atoms with Gasteiger partial charge in [-0.2, -0.15) is 0 Å². The molecule has 0 bridgehead atoms. The van der Waals surface area contributed by atoms with Crippen molar-refractivity contribution in [1.29, 1.82) is 0 Å². The monoisotopic (exact) mass is 539 g/mol. The summed E-state index contributed by atoms with van der Waals surface area (Å²) in [6.07, 6.45) is 5.45. The molecule has 0 heterocycles. The van der Waals surface area contributed by atoms with Crippen LogP contribution in [0.3, 0.4) is 0 Å². The molecule has 0 aliphatic heterocycles. The number of terminal acetylenes is 1. The minimum Gasteiger partial charge on any atom is -0.444 e. The Balaban J connectivity index is 2.57. The third-order valence-corrected chi connectivity index (χ3v) is 6.31. The number of alkyl carbamates (subject to hydrolysis) is 1. The summed E-state index contributed by atoms with van der Waals surface area (Å²) in [5.74, 6) is -1.08. The van der Waals surface area contributed by atoms with Crippen molar-refractivity contribution in [2.24, 2.45) is 5.92 Å². The third kappa shape index (κ3) is 8.00. The van der Waals surface area contributed by atoms with Gasteiger partial charge in [0.25, 0.3) is 11.8 Å². The lowest BCUT2D eigenvalue weighted by Gasteiger charge is -2.32. The maximum Gasteiger partial charge on any atom is 0.408 e. The molecule has 2 rings (SSSR count). The number of halogens is 1. The molecule has 204 valence electrons. The Kier molecular flexibility index (Phi) is 10.4. The standard InChI is InChI=1S/C30H38ClN3O4/c1-10-34(28(36)24(17-18(2)3)32-29(37)38-30(7,8)9)26(22-15-11-13-19(4)21(22)6)27(35)33-25-20(5)14-12-16-23(25)31/h1,11-16,18,24,26H,17H2,2-9H3,(H,32,37)(H,33,35). The summed E-state index contributed by atoms with van der Waals surface area (Å²) in [7, 11) is 0. The fourth-order valence-corrected chi connectivity index (χ4v) is 4.29. The van der Waals surface area contributed by atoms with E-state index in [1.165, 1.54) is 0 Å². The van der Waals surface area contributed by atoms with Crippen LogP contribution in [0, 0.1) is 39.2 Å². The average molecular weight is 540 g/mol. The van der Waals surface area contributed by atoms with Crippen LogP contribution in [0.4, 0.5) is 10.5 Å². The summed E-state index contributed by atoms with van der Waals surface area (Å²) in [4.78, 5) is 41.4. The summed E-state index contributed by atoms with van der Waals surface area (Å²) < 4.78 is 5.38. The van der Waals surface area contributed by atoms with Crippen molar-refractivity contribution >= 4 is 35.2 Å². The van der Waals surface area contributed by atoms with Crippen LogP contribution < -0.4 is 10.6 Å². The van der Waals surface area contributed by atoms with Gasteiger partial charge in [-0.1, -0.05) is 62.2 Å². The SMILES string of the molecule is C#CN(C(=O)C(CC(C)C)NC(=O)OC(C)(C)C)C(C(=O)Nc1c(C)cccc1Cl)c1cccc(C)c1C. The first-order chi connectivity index (χ1) is 17.7. The molecule has 8 heteroatoms. The first-order valence-electron chi connectivity index (χ1n) is 12.6. The highest BCUT2D eigenvalue weighted by Crippen LogP contribution is 2.31. The van der Waals surface area contributed by atoms with Gasteiger partial charge in [0.1, 0.15) is 17.7 Å². The Bertz CT molecular complexity index is 1210. The zero-order valence-corrected chi connectivity index (χ0v) is 24.2. The molecule has 2 atom stereocenters. The van der Waals surface area contributed by atoms with Gasteiger partial charge in [-0.15, -0.1) is 0 Å². The van der Waals surface area contributed by atoms with Crippen LogP contribution in [0.2, 0.25) is 5.02 Å². The third-order valence-electron chi connectivity index (χ3n) is 5.99. The second kappa shape index (κ2) is 12.8. The Morgan fingerprint density at radius 2 is 1.66 bits per heavy atom. The molecule has 0 spiro atoms. The second-order valence-corrected chi connectivity index (χ2v) is 11.2. The second-order valence-electron chi connectivity index (χ2n) is 10.8. The van der Waals surface area contributed by atoms with E-state index in [4.69, 9.17) is 22.8 Å². The van der Waals surface area contributed by atoms with Crippen molar-refractivity contribution in [3.05, 3.63) is 63.7 Å². The number of hydrogen-bond acceptors (Lipinski definition) is 4. The van der Waals surface area contributed by atoms with Crippen molar-refractivity contribution in [3.8, 4) is 12.5 Å². The van der Waals surface area contributed by atoms with Crippen LogP contribution in [-0.4, -0.2) is 34.5 Å². The zero-order chi connectivity index (χ0) is 28.8. The molecule has 0 aromatic heterocycles. The predicted molar refractivity (Wildman–Crippen MR) is 152 cm³/mol. The summed E-state index contributed by atoms with van der Waals surface area (Å²) in [6, 6.07) is 11.0. The van der Waals surface area contributed by atoms with Crippen LogP contribution in [0.5, 0.6) is 0 Å². The highest BCUT2D eigenvalue weighted by Gasteiger charge is 2.37. The van der Waals surface area contributed by atoms with Crippen LogP contribution in [0.15, 0.2) is 36.4 Å². The van der Waals surface area contributed by atoms with E-state index in [9.17, 15) is 14.4 Å². The topological polar surface area (TPSA) is 87.7 Å². The number of carbonyl (C=O) groups excluding carboxylic acids is 3. The Morgan fingerprint density at radius 1 is 1.05 bits per heavy atom. The molecule has 0 fully saturated rings. The summed E-state index contributed by atoms with van der Waals surface area (Å²) in [5.41, 5.74) is 2.76. The van der Waals surface area contributed by atoms with E-state index < -0.39 is 35.6 Å². The molecule has 0 radical (unpaired) electrons. The Labute approximate surface area is 231 Å². The van der Waals surface area contributed by atoms with E-state index in [0.717, 1.165) is 21.6 Å². The molecule has 0 aliphatic rings. The van der Waals surface area contributed by atoms with Crippen molar-refractivity contribution in [3.63, 3.8) is 0 Å². The van der Waals surface area contributed by atoms with Crippen LogP contribution in [-0.2, 0) is 14.3 Å². The Morgan fingerprint density at radius 3 is 2.21 bits per heavy atom. The fourth-order valence-electron chi connectivity index (χ4n) is 4.03. The lowest BCUT2D eigenvalue weighted by atomic mass is 9.94. The maximum atomic E-state index is 13.9. The number of ether oxygens (including phenoxy) is 1. The highest BCUT2D eigenvalue weighted by atomic mass is 35.5. The predicted octanol–water partition coefficient (Wildman–Crippen LogP) is 6.30. The smallest absolute Gasteiger partial charge is 0.408 e. The van der Waals surface area contributed by atoms with Crippen molar-refractivity contribution in [2.45, 2.75) is 79.5 Å². The summed E-state index contributed by atoms with van der Waals surface area (Å²) >= 11 is 6.38. The van der Waals surface area contributed by atoms with Crippen molar-refractivity contribution in [2.75, 3.05) is 5.32 Å². The van der Waals surface area contributed by atoms with Crippen LogP contribution in [0.25, 0.3) is 0 Å². The van der Waals surface area contributed by atoms with Gasteiger partial charge in [-0.05, 0) is 82.2 Å². The average Bonchev–Trinajstić information content (AvgIpc) is 2.79.